The highest BCUT2D eigenvalue weighted by Crippen LogP contribution is 2.01. The molecule has 0 unspecified atom stereocenters. The number of hydrogen-bond donors (Lipinski definition) is 4. The minimum absolute atomic E-state index is 0.141. The quantitative estimate of drug-likeness (QED) is 0.559. The third-order valence-corrected chi connectivity index (χ3v) is 2.55. The molecule has 0 aliphatic heterocycles. The Bertz CT molecular complexity index is 371. The number of benzene rings is 1. The number of amides is 1. The fourth-order valence-corrected chi connectivity index (χ4v) is 1.41. The van der Waals surface area contributed by atoms with E-state index in [9.17, 15) is 9.90 Å². The van der Waals surface area contributed by atoms with Gasteiger partial charge in [-0.3, -0.25) is 0 Å². The summed E-state index contributed by atoms with van der Waals surface area (Å²) in [5.74, 6) is 0. The van der Waals surface area contributed by atoms with Crippen LogP contribution in [0.1, 0.15) is 12.0 Å². The highest BCUT2D eigenvalue weighted by molar-refractivity contribution is 5.67. The lowest BCUT2D eigenvalue weighted by Gasteiger charge is -2.15. The highest BCUT2D eigenvalue weighted by atomic mass is 16.5. The smallest absolute Gasteiger partial charge is 0.407 e. The van der Waals surface area contributed by atoms with E-state index in [2.05, 4.69) is 5.32 Å². The zero-order valence-corrected chi connectivity index (χ0v) is 10.5. The minimum Gasteiger partial charge on any atom is -0.445 e. The number of hydrogen-bond acceptors (Lipinski definition) is 5. The van der Waals surface area contributed by atoms with Crippen LogP contribution < -0.4 is 5.32 Å². The molecular weight excluding hydrogens is 250 g/mol. The molecule has 0 aliphatic rings. The van der Waals surface area contributed by atoms with Gasteiger partial charge < -0.3 is 25.4 Å². The second kappa shape index (κ2) is 8.47. The average Bonchev–Trinajstić information content (AvgIpc) is 2.45. The summed E-state index contributed by atoms with van der Waals surface area (Å²) in [6, 6.07) is 9.26. The zero-order chi connectivity index (χ0) is 14.1. The Morgan fingerprint density at radius 2 is 1.89 bits per heavy atom. The van der Waals surface area contributed by atoms with Crippen molar-refractivity contribution in [3.8, 4) is 0 Å². The van der Waals surface area contributed by atoms with Crippen LogP contribution in [0.4, 0.5) is 4.79 Å². The molecule has 1 rings (SSSR count). The van der Waals surface area contributed by atoms with Crippen molar-refractivity contribution >= 4 is 6.09 Å². The maximum Gasteiger partial charge on any atom is 0.407 e. The van der Waals surface area contributed by atoms with Gasteiger partial charge in [-0.1, -0.05) is 30.3 Å². The number of rotatable bonds is 7. The number of alkyl carbamates (subject to hydrolysis) is 1. The molecule has 0 radical (unpaired) electrons. The Labute approximate surface area is 111 Å². The van der Waals surface area contributed by atoms with Crippen LogP contribution in [0.15, 0.2) is 30.3 Å². The monoisotopic (exact) mass is 269 g/mol. The van der Waals surface area contributed by atoms with Gasteiger partial charge in [0.25, 0.3) is 0 Å². The van der Waals surface area contributed by atoms with E-state index in [0.29, 0.717) is 0 Å². The summed E-state index contributed by atoms with van der Waals surface area (Å²) in [6.45, 7) is -0.181. The maximum absolute atomic E-state index is 11.3. The van der Waals surface area contributed by atoms with Crippen molar-refractivity contribution in [2.75, 3.05) is 13.2 Å². The second-order valence-electron chi connectivity index (χ2n) is 4.09. The lowest BCUT2D eigenvalue weighted by Crippen LogP contribution is -2.34. The summed E-state index contributed by atoms with van der Waals surface area (Å²) < 4.78 is 4.95. The van der Waals surface area contributed by atoms with E-state index in [1.807, 2.05) is 30.3 Å². The molecule has 0 aliphatic carbocycles. The summed E-state index contributed by atoms with van der Waals surface area (Å²) in [7, 11) is 0. The molecule has 0 saturated carbocycles. The standard InChI is InChI=1S/C13H19NO5/c15-8-12(17)11(16)6-7-14-13(18)19-9-10-4-2-1-3-5-10/h1-5,11-12,15-17H,6-9H2,(H,14,18)/t11-,12+/m1/s1. The molecule has 4 N–H and O–H groups in total. The fourth-order valence-electron chi connectivity index (χ4n) is 1.41. The number of carbonyl (C=O) groups is 1. The Morgan fingerprint density at radius 3 is 2.53 bits per heavy atom. The molecular formula is C13H19NO5. The van der Waals surface area contributed by atoms with Crippen LogP contribution in [0.2, 0.25) is 0 Å². The SMILES string of the molecule is O=C(NCC[C@@H](O)[C@@H](O)CO)OCc1ccccc1. The Hall–Kier alpha value is -1.63. The van der Waals surface area contributed by atoms with E-state index >= 15 is 0 Å². The molecule has 0 bridgehead atoms. The summed E-state index contributed by atoms with van der Waals surface area (Å²) in [4.78, 5) is 11.3. The Morgan fingerprint density at radius 1 is 1.21 bits per heavy atom. The van der Waals surface area contributed by atoms with Crippen molar-refractivity contribution in [1.29, 1.82) is 0 Å². The number of aliphatic hydroxyl groups excluding tert-OH is 3. The lowest BCUT2D eigenvalue weighted by molar-refractivity contribution is -0.0171. The van der Waals surface area contributed by atoms with Gasteiger partial charge in [0.1, 0.15) is 12.7 Å². The van der Waals surface area contributed by atoms with E-state index in [1.165, 1.54) is 0 Å². The first-order valence-corrected chi connectivity index (χ1v) is 6.05. The summed E-state index contributed by atoms with van der Waals surface area (Å²) in [5.41, 5.74) is 0.883. The first kappa shape index (κ1) is 15.4. The first-order chi connectivity index (χ1) is 9.13. The van der Waals surface area contributed by atoms with Crippen molar-refractivity contribution in [2.45, 2.75) is 25.2 Å². The van der Waals surface area contributed by atoms with Crippen molar-refractivity contribution in [3.05, 3.63) is 35.9 Å². The Kier molecular flexibility index (Phi) is 6.88. The van der Waals surface area contributed by atoms with E-state index in [1.54, 1.807) is 0 Å². The molecule has 6 heteroatoms. The predicted molar refractivity (Wildman–Crippen MR) is 68.3 cm³/mol. The van der Waals surface area contributed by atoms with Gasteiger partial charge in [-0.05, 0) is 12.0 Å². The zero-order valence-electron chi connectivity index (χ0n) is 10.5. The van der Waals surface area contributed by atoms with Crippen molar-refractivity contribution < 1.29 is 24.9 Å². The maximum atomic E-state index is 11.3. The van der Waals surface area contributed by atoms with Crippen LogP contribution in [0.3, 0.4) is 0 Å². The normalized spacial score (nSPS) is 13.6. The molecule has 0 saturated heterocycles. The summed E-state index contributed by atoms with van der Waals surface area (Å²) in [6.07, 6.45) is -2.71. The van der Waals surface area contributed by atoms with Gasteiger partial charge >= 0.3 is 6.09 Å². The molecule has 1 amide bonds. The molecule has 19 heavy (non-hydrogen) atoms. The van der Waals surface area contributed by atoms with Crippen molar-refractivity contribution in [1.82, 2.24) is 5.32 Å². The first-order valence-electron chi connectivity index (χ1n) is 6.05. The van der Waals surface area contributed by atoms with E-state index in [-0.39, 0.29) is 19.6 Å². The molecule has 1 aromatic carbocycles. The molecule has 2 atom stereocenters. The fraction of sp³-hybridized carbons (Fsp3) is 0.462. The van der Waals surface area contributed by atoms with Gasteiger partial charge in [0.05, 0.1) is 12.7 Å². The molecule has 0 fully saturated rings. The predicted octanol–water partition coefficient (Wildman–Crippen LogP) is 0.0170. The number of nitrogens with one attached hydrogen (secondary N) is 1. The molecule has 6 nitrogen and oxygen atoms in total. The van der Waals surface area contributed by atoms with E-state index in [0.717, 1.165) is 5.56 Å². The molecule has 0 aromatic heterocycles. The third-order valence-electron chi connectivity index (χ3n) is 2.55. The van der Waals surface area contributed by atoms with Gasteiger partial charge in [0.15, 0.2) is 0 Å². The van der Waals surface area contributed by atoms with Crippen LogP contribution in [0.25, 0.3) is 0 Å². The van der Waals surface area contributed by atoms with Crippen molar-refractivity contribution in [2.24, 2.45) is 0 Å². The number of ether oxygens (including phenoxy) is 1. The molecule has 1 aromatic rings. The van der Waals surface area contributed by atoms with Crippen LogP contribution in [0, 0.1) is 0 Å². The average molecular weight is 269 g/mol. The van der Waals surface area contributed by atoms with Crippen LogP contribution in [0.5, 0.6) is 0 Å². The van der Waals surface area contributed by atoms with E-state index in [4.69, 9.17) is 14.9 Å². The third kappa shape index (κ3) is 6.19. The van der Waals surface area contributed by atoms with Gasteiger partial charge in [-0.25, -0.2) is 4.79 Å². The molecule has 0 heterocycles. The topological polar surface area (TPSA) is 99.0 Å². The van der Waals surface area contributed by atoms with Gasteiger partial charge in [0.2, 0.25) is 0 Å². The van der Waals surface area contributed by atoms with Crippen LogP contribution in [-0.4, -0.2) is 46.8 Å². The number of aliphatic hydroxyl groups is 3. The minimum atomic E-state index is -1.19. The van der Waals surface area contributed by atoms with Gasteiger partial charge in [-0.15, -0.1) is 0 Å². The number of carbonyl (C=O) groups excluding carboxylic acids is 1. The lowest BCUT2D eigenvalue weighted by atomic mass is 10.1. The summed E-state index contributed by atoms with van der Waals surface area (Å²) >= 11 is 0. The Balaban J connectivity index is 2.15. The summed E-state index contributed by atoms with van der Waals surface area (Å²) in [5, 5.41) is 29.5. The molecule has 106 valence electrons. The van der Waals surface area contributed by atoms with E-state index < -0.39 is 24.9 Å². The van der Waals surface area contributed by atoms with Crippen LogP contribution >= 0.6 is 0 Å². The van der Waals surface area contributed by atoms with Gasteiger partial charge in [-0.2, -0.15) is 0 Å². The van der Waals surface area contributed by atoms with Gasteiger partial charge in [0, 0.05) is 6.54 Å². The highest BCUT2D eigenvalue weighted by Gasteiger charge is 2.14. The second-order valence-corrected chi connectivity index (χ2v) is 4.09. The largest absolute Gasteiger partial charge is 0.445 e. The molecule has 0 spiro atoms. The van der Waals surface area contributed by atoms with Crippen molar-refractivity contribution in [3.63, 3.8) is 0 Å². The van der Waals surface area contributed by atoms with Crippen LogP contribution in [-0.2, 0) is 11.3 Å².